The lowest BCUT2D eigenvalue weighted by Gasteiger charge is -2.34. The van der Waals surface area contributed by atoms with Crippen LogP contribution in [0, 0.1) is 16.0 Å². The summed E-state index contributed by atoms with van der Waals surface area (Å²) in [7, 11) is 0. The summed E-state index contributed by atoms with van der Waals surface area (Å²) in [5.74, 6) is -0.0346. The number of unbranched alkanes of at least 4 members (excludes halogenated alkanes) is 1. The molecule has 2 saturated heterocycles. The number of carbonyl (C=O) groups excluding carboxylic acids is 1. The highest BCUT2D eigenvalue weighted by Crippen LogP contribution is 2.35. The molecule has 148 valence electrons. The van der Waals surface area contributed by atoms with Crippen molar-refractivity contribution in [2.75, 3.05) is 19.8 Å². The van der Waals surface area contributed by atoms with Crippen molar-refractivity contribution < 1.29 is 33.4 Å². The Morgan fingerprint density at radius 3 is 2.74 bits per heavy atom. The van der Waals surface area contributed by atoms with E-state index >= 15 is 0 Å². The number of hydrogen-bond acceptors (Lipinski definition) is 8. The van der Waals surface area contributed by atoms with Crippen LogP contribution in [0.5, 0.6) is 5.75 Å². The molecule has 0 aliphatic carbocycles. The van der Waals surface area contributed by atoms with Crippen LogP contribution in [0.1, 0.15) is 26.2 Å². The quantitative estimate of drug-likeness (QED) is 0.233. The molecule has 1 aromatic rings. The smallest absolute Gasteiger partial charge is 0.430 e. The maximum atomic E-state index is 12.2. The van der Waals surface area contributed by atoms with Crippen molar-refractivity contribution in [3.8, 4) is 5.75 Å². The summed E-state index contributed by atoms with van der Waals surface area (Å²) in [5.41, 5.74) is -0.0850. The van der Waals surface area contributed by atoms with Crippen LogP contribution in [0.25, 0.3) is 0 Å². The molecule has 2 aliphatic rings. The zero-order valence-electron chi connectivity index (χ0n) is 15.1. The van der Waals surface area contributed by atoms with E-state index in [4.69, 9.17) is 23.7 Å². The van der Waals surface area contributed by atoms with Crippen molar-refractivity contribution >= 4 is 11.8 Å². The fourth-order valence-corrected chi connectivity index (χ4v) is 3.21. The second-order valence-electron chi connectivity index (χ2n) is 6.46. The number of fused-ring (bicyclic) bond motifs is 1. The van der Waals surface area contributed by atoms with Crippen molar-refractivity contribution in [3.63, 3.8) is 0 Å². The molecule has 0 radical (unpaired) electrons. The molecule has 0 aromatic heterocycles. The molecule has 1 aromatic carbocycles. The highest BCUT2D eigenvalue weighted by molar-refractivity contribution is 5.64. The first-order valence-electron chi connectivity index (χ1n) is 9.06. The average molecular weight is 381 g/mol. The van der Waals surface area contributed by atoms with E-state index in [2.05, 4.69) is 6.92 Å². The van der Waals surface area contributed by atoms with Gasteiger partial charge in [-0.25, -0.2) is 4.79 Å². The highest BCUT2D eigenvalue weighted by Gasteiger charge is 2.48. The third kappa shape index (κ3) is 4.94. The first kappa shape index (κ1) is 19.5. The summed E-state index contributed by atoms with van der Waals surface area (Å²) in [5, 5.41) is 10.7. The molecule has 2 heterocycles. The van der Waals surface area contributed by atoms with Crippen molar-refractivity contribution in [3.05, 3.63) is 34.4 Å². The summed E-state index contributed by atoms with van der Waals surface area (Å²) in [6.45, 7) is 3.52. The Labute approximate surface area is 156 Å². The van der Waals surface area contributed by atoms with E-state index in [0.717, 1.165) is 12.8 Å². The first-order valence-corrected chi connectivity index (χ1v) is 9.06. The Morgan fingerprint density at radius 1 is 1.26 bits per heavy atom. The van der Waals surface area contributed by atoms with E-state index in [1.165, 1.54) is 24.3 Å². The number of benzene rings is 1. The van der Waals surface area contributed by atoms with Gasteiger partial charge in [0.25, 0.3) is 5.69 Å². The van der Waals surface area contributed by atoms with E-state index in [-0.39, 0.29) is 23.5 Å². The van der Waals surface area contributed by atoms with Crippen LogP contribution in [0.15, 0.2) is 24.3 Å². The second kappa shape index (κ2) is 9.12. The molecular weight excluding hydrogens is 358 g/mol. The predicted octanol–water partition coefficient (Wildman–Crippen LogP) is 3.06. The van der Waals surface area contributed by atoms with Crippen LogP contribution in [0.2, 0.25) is 0 Å². The molecule has 0 amide bonds. The lowest BCUT2D eigenvalue weighted by atomic mass is 9.93. The molecule has 2 aliphatic heterocycles. The Morgan fingerprint density at radius 2 is 2.04 bits per heavy atom. The monoisotopic (exact) mass is 381 g/mol. The largest absolute Gasteiger partial charge is 0.514 e. The standard InChI is InChI=1S/C18H23NO8/c1-2-3-9-23-15-11-25-17-16(15)14(8-10-24-17)27-18(20)26-13-6-4-12(5-7-13)19(21)22/h4-7,14-17H,2-3,8-11H2,1H3/t14-,15-,16+,17-/m0/s1. The molecule has 3 rings (SSSR count). The summed E-state index contributed by atoms with van der Waals surface area (Å²) < 4.78 is 27.7. The van der Waals surface area contributed by atoms with Crippen LogP contribution in [-0.2, 0) is 18.9 Å². The van der Waals surface area contributed by atoms with Crippen LogP contribution < -0.4 is 4.74 Å². The minimum Gasteiger partial charge on any atom is -0.430 e. The first-order chi connectivity index (χ1) is 13.1. The van der Waals surface area contributed by atoms with Crippen molar-refractivity contribution in [2.24, 2.45) is 5.92 Å². The number of nitrogens with zero attached hydrogens (tertiary/aromatic N) is 1. The van der Waals surface area contributed by atoms with Crippen LogP contribution in [-0.4, -0.2) is 49.4 Å². The Balaban J connectivity index is 1.57. The number of hydrogen-bond donors (Lipinski definition) is 0. The third-order valence-corrected chi connectivity index (χ3v) is 4.61. The lowest BCUT2D eigenvalue weighted by molar-refractivity contribution is -0.384. The number of ether oxygens (including phenoxy) is 5. The molecule has 9 nitrogen and oxygen atoms in total. The molecule has 0 spiro atoms. The average Bonchev–Trinajstić information content (AvgIpc) is 3.06. The SMILES string of the molecule is CCCCO[C@H]1CO[C@@H]2OCC[C@H](OC(=O)Oc3ccc([N+](=O)[O-])cc3)[C@@H]21. The molecule has 0 N–H and O–H groups in total. The van der Waals surface area contributed by atoms with Gasteiger partial charge in [0.1, 0.15) is 11.9 Å². The fourth-order valence-electron chi connectivity index (χ4n) is 3.21. The van der Waals surface area contributed by atoms with Crippen LogP contribution in [0.4, 0.5) is 10.5 Å². The minimum atomic E-state index is -0.867. The van der Waals surface area contributed by atoms with Crippen LogP contribution in [0.3, 0.4) is 0 Å². The Kier molecular flexibility index (Phi) is 6.59. The van der Waals surface area contributed by atoms with Gasteiger partial charge >= 0.3 is 6.16 Å². The third-order valence-electron chi connectivity index (χ3n) is 4.61. The number of nitro benzene ring substituents is 1. The normalized spacial score (nSPS) is 27.0. The van der Waals surface area contributed by atoms with Gasteiger partial charge in [-0.1, -0.05) is 13.3 Å². The van der Waals surface area contributed by atoms with E-state index < -0.39 is 23.5 Å². The molecular formula is C18H23NO8. The van der Waals surface area contributed by atoms with Gasteiger partial charge in [0, 0.05) is 25.2 Å². The zero-order chi connectivity index (χ0) is 19.2. The minimum absolute atomic E-state index is 0.0850. The number of carbonyl (C=O) groups is 1. The van der Waals surface area contributed by atoms with Crippen molar-refractivity contribution in [1.29, 1.82) is 0 Å². The fraction of sp³-hybridized carbons (Fsp3) is 0.611. The van der Waals surface area contributed by atoms with E-state index in [1.54, 1.807) is 0 Å². The van der Waals surface area contributed by atoms with E-state index in [1.807, 2.05) is 0 Å². The predicted molar refractivity (Wildman–Crippen MR) is 92.4 cm³/mol. The molecule has 9 heteroatoms. The van der Waals surface area contributed by atoms with Gasteiger partial charge in [-0.15, -0.1) is 0 Å². The number of non-ortho nitro benzene ring substituents is 1. The van der Waals surface area contributed by atoms with Gasteiger partial charge in [0.15, 0.2) is 6.29 Å². The number of nitro groups is 1. The van der Waals surface area contributed by atoms with Crippen molar-refractivity contribution in [1.82, 2.24) is 0 Å². The summed E-state index contributed by atoms with van der Waals surface area (Å²) in [4.78, 5) is 22.3. The molecule has 0 saturated carbocycles. The van der Waals surface area contributed by atoms with Gasteiger partial charge in [0.2, 0.25) is 0 Å². The summed E-state index contributed by atoms with van der Waals surface area (Å²) in [6.07, 6.45) is 0.536. The Bertz CT molecular complexity index is 649. The molecule has 0 bridgehead atoms. The van der Waals surface area contributed by atoms with Crippen LogP contribution >= 0.6 is 0 Å². The van der Waals surface area contributed by atoms with E-state index in [9.17, 15) is 14.9 Å². The summed E-state index contributed by atoms with van der Waals surface area (Å²) >= 11 is 0. The summed E-state index contributed by atoms with van der Waals surface area (Å²) in [6, 6.07) is 5.22. The maximum Gasteiger partial charge on any atom is 0.514 e. The van der Waals surface area contributed by atoms with Gasteiger partial charge in [-0.3, -0.25) is 10.1 Å². The molecule has 2 fully saturated rings. The topological polar surface area (TPSA) is 106 Å². The maximum absolute atomic E-state index is 12.2. The second-order valence-corrected chi connectivity index (χ2v) is 6.46. The molecule has 0 unspecified atom stereocenters. The number of rotatable bonds is 7. The molecule has 27 heavy (non-hydrogen) atoms. The highest BCUT2D eigenvalue weighted by atomic mass is 16.7. The van der Waals surface area contributed by atoms with Gasteiger partial charge in [-0.05, 0) is 18.6 Å². The van der Waals surface area contributed by atoms with Gasteiger partial charge in [0.05, 0.1) is 30.2 Å². The zero-order valence-corrected chi connectivity index (χ0v) is 15.1. The Hall–Kier alpha value is -2.23. The lowest BCUT2D eigenvalue weighted by Crippen LogP contribution is -2.45. The van der Waals surface area contributed by atoms with Crippen molar-refractivity contribution in [2.45, 2.75) is 44.7 Å². The van der Waals surface area contributed by atoms with Gasteiger partial charge < -0.3 is 23.7 Å². The molecule has 4 atom stereocenters. The van der Waals surface area contributed by atoms with Gasteiger partial charge in [-0.2, -0.15) is 0 Å². The van der Waals surface area contributed by atoms with E-state index in [0.29, 0.717) is 26.2 Å².